The molecule has 1 aromatic heterocycles. The van der Waals surface area contributed by atoms with Crippen LogP contribution in [0.1, 0.15) is 13.8 Å². The Balaban J connectivity index is 2.34. The molecule has 0 saturated heterocycles. The third-order valence-corrected chi connectivity index (χ3v) is 2.49. The Morgan fingerprint density at radius 2 is 2.29 bits per heavy atom. The maximum Gasteiger partial charge on any atom is 0.241 e. The highest BCUT2D eigenvalue weighted by molar-refractivity contribution is 7.09. The third-order valence-electron chi connectivity index (χ3n) is 1.87. The monoisotopic (exact) mass is 214 g/mol. The van der Waals surface area contributed by atoms with Crippen molar-refractivity contribution in [3.63, 3.8) is 0 Å². The standard InChI is InChI=1S/C8H14N4OS/c1-3-12(4-2)7(13)5-9-8-10-6-11-14-8/h6H,3-5H2,1-2H3,(H,9,10,11). The van der Waals surface area contributed by atoms with Gasteiger partial charge in [-0.2, -0.15) is 4.37 Å². The minimum atomic E-state index is 0.0881. The van der Waals surface area contributed by atoms with Gasteiger partial charge in [0.05, 0.1) is 6.54 Å². The Kier molecular flexibility index (Phi) is 4.31. The van der Waals surface area contributed by atoms with Crippen LogP contribution in [-0.2, 0) is 4.79 Å². The molecule has 1 aromatic rings. The fourth-order valence-corrected chi connectivity index (χ4v) is 1.52. The van der Waals surface area contributed by atoms with E-state index in [4.69, 9.17) is 0 Å². The zero-order valence-electron chi connectivity index (χ0n) is 8.36. The van der Waals surface area contributed by atoms with Gasteiger partial charge in [-0.25, -0.2) is 4.98 Å². The summed E-state index contributed by atoms with van der Waals surface area (Å²) < 4.78 is 3.83. The summed E-state index contributed by atoms with van der Waals surface area (Å²) in [5, 5.41) is 3.61. The van der Waals surface area contributed by atoms with E-state index in [9.17, 15) is 4.79 Å². The molecule has 0 unspecified atom stereocenters. The highest BCUT2D eigenvalue weighted by Crippen LogP contribution is 2.05. The van der Waals surface area contributed by atoms with Crippen molar-refractivity contribution in [3.05, 3.63) is 6.33 Å². The van der Waals surface area contributed by atoms with Crippen LogP contribution in [0.3, 0.4) is 0 Å². The van der Waals surface area contributed by atoms with Gasteiger partial charge < -0.3 is 10.2 Å². The Bertz CT molecular complexity index is 271. The maximum absolute atomic E-state index is 11.5. The smallest absolute Gasteiger partial charge is 0.241 e. The first kappa shape index (κ1) is 10.9. The number of carbonyl (C=O) groups excluding carboxylic acids is 1. The number of nitrogens with zero attached hydrogens (tertiary/aromatic N) is 3. The lowest BCUT2D eigenvalue weighted by Crippen LogP contribution is -2.35. The number of rotatable bonds is 5. The molecule has 0 radical (unpaired) electrons. The number of likely N-dealkylation sites (N-methyl/N-ethyl adjacent to an activating group) is 1. The molecule has 0 bridgehead atoms. The predicted octanol–water partition coefficient (Wildman–Crippen LogP) is 0.818. The first-order chi connectivity index (χ1) is 6.77. The largest absolute Gasteiger partial charge is 0.351 e. The molecule has 0 aliphatic carbocycles. The molecule has 0 spiro atoms. The van der Waals surface area contributed by atoms with Crippen molar-refractivity contribution in [1.82, 2.24) is 14.3 Å². The molecule has 6 heteroatoms. The first-order valence-electron chi connectivity index (χ1n) is 4.56. The minimum Gasteiger partial charge on any atom is -0.351 e. The average molecular weight is 214 g/mol. The van der Waals surface area contributed by atoms with E-state index in [1.54, 1.807) is 4.90 Å². The van der Waals surface area contributed by atoms with Crippen molar-refractivity contribution < 1.29 is 4.79 Å². The summed E-state index contributed by atoms with van der Waals surface area (Å²) in [6, 6.07) is 0. The summed E-state index contributed by atoms with van der Waals surface area (Å²) >= 11 is 1.25. The lowest BCUT2D eigenvalue weighted by Gasteiger charge is -2.18. The topological polar surface area (TPSA) is 58.1 Å². The van der Waals surface area contributed by atoms with Crippen LogP contribution >= 0.6 is 11.5 Å². The number of hydrogen-bond donors (Lipinski definition) is 1. The highest BCUT2D eigenvalue weighted by atomic mass is 32.1. The maximum atomic E-state index is 11.5. The summed E-state index contributed by atoms with van der Waals surface area (Å²) in [4.78, 5) is 17.2. The fourth-order valence-electron chi connectivity index (χ4n) is 1.09. The second-order valence-corrected chi connectivity index (χ2v) is 3.45. The molecule has 1 heterocycles. The van der Waals surface area contributed by atoms with E-state index >= 15 is 0 Å². The van der Waals surface area contributed by atoms with Crippen LogP contribution in [0.5, 0.6) is 0 Å². The average Bonchev–Trinajstić information content (AvgIpc) is 2.69. The van der Waals surface area contributed by atoms with Crippen molar-refractivity contribution in [2.75, 3.05) is 25.0 Å². The molecule has 14 heavy (non-hydrogen) atoms. The fraction of sp³-hybridized carbons (Fsp3) is 0.625. The summed E-state index contributed by atoms with van der Waals surface area (Å²) in [5.74, 6) is 0.0881. The molecule has 1 amide bonds. The van der Waals surface area contributed by atoms with E-state index in [2.05, 4.69) is 14.7 Å². The number of carbonyl (C=O) groups is 1. The van der Waals surface area contributed by atoms with Crippen LogP contribution < -0.4 is 5.32 Å². The molecule has 0 aliphatic heterocycles. The molecule has 0 aromatic carbocycles. The van der Waals surface area contributed by atoms with Crippen LogP contribution in [0.2, 0.25) is 0 Å². The first-order valence-corrected chi connectivity index (χ1v) is 5.33. The third kappa shape index (κ3) is 2.95. The second kappa shape index (κ2) is 5.54. The van der Waals surface area contributed by atoms with Crippen molar-refractivity contribution in [2.24, 2.45) is 0 Å². The van der Waals surface area contributed by atoms with E-state index in [-0.39, 0.29) is 12.5 Å². The van der Waals surface area contributed by atoms with Crippen LogP contribution in [0.15, 0.2) is 6.33 Å². The number of amides is 1. The van der Waals surface area contributed by atoms with Crippen LogP contribution in [0.4, 0.5) is 5.13 Å². The van der Waals surface area contributed by atoms with Crippen molar-refractivity contribution in [3.8, 4) is 0 Å². The number of aromatic nitrogens is 2. The van der Waals surface area contributed by atoms with Gasteiger partial charge in [0.25, 0.3) is 0 Å². The quantitative estimate of drug-likeness (QED) is 0.788. The van der Waals surface area contributed by atoms with E-state index in [0.717, 1.165) is 13.1 Å². The van der Waals surface area contributed by atoms with Gasteiger partial charge in [-0.15, -0.1) is 0 Å². The van der Waals surface area contributed by atoms with Gasteiger partial charge in [0, 0.05) is 24.6 Å². The van der Waals surface area contributed by atoms with Gasteiger partial charge in [-0.3, -0.25) is 4.79 Å². The number of nitrogens with one attached hydrogen (secondary N) is 1. The number of hydrogen-bond acceptors (Lipinski definition) is 5. The van der Waals surface area contributed by atoms with E-state index in [0.29, 0.717) is 5.13 Å². The zero-order chi connectivity index (χ0) is 10.4. The zero-order valence-corrected chi connectivity index (χ0v) is 9.17. The lowest BCUT2D eigenvalue weighted by molar-refractivity contribution is -0.128. The molecule has 5 nitrogen and oxygen atoms in total. The molecule has 0 fully saturated rings. The molecular weight excluding hydrogens is 200 g/mol. The van der Waals surface area contributed by atoms with E-state index in [1.807, 2.05) is 13.8 Å². The molecule has 0 atom stereocenters. The Morgan fingerprint density at radius 1 is 1.57 bits per heavy atom. The Labute approximate surface area is 87.3 Å². The van der Waals surface area contributed by atoms with Gasteiger partial charge in [0.2, 0.25) is 11.0 Å². The SMILES string of the molecule is CCN(CC)C(=O)CNc1ncns1. The molecule has 1 rings (SSSR count). The highest BCUT2D eigenvalue weighted by Gasteiger charge is 2.09. The van der Waals surface area contributed by atoms with Crippen LogP contribution in [0.25, 0.3) is 0 Å². The van der Waals surface area contributed by atoms with Gasteiger partial charge >= 0.3 is 0 Å². The van der Waals surface area contributed by atoms with Gasteiger partial charge in [0.1, 0.15) is 6.33 Å². The summed E-state index contributed by atoms with van der Waals surface area (Å²) in [6.07, 6.45) is 1.47. The predicted molar refractivity (Wildman–Crippen MR) is 56.3 cm³/mol. The Hall–Kier alpha value is -1.17. The van der Waals surface area contributed by atoms with Crippen molar-refractivity contribution in [2.45, 2.75) is 13.8 Å². The molecule has 1 N–H and O–H groups in total. The minimum absolute atomic E-state index is 0.0881. The van der Waals surface area contributed by atoms with Gasteiger partial charge in [0.15, 0.2) is 0 Å². The van der Waals surface area contributed by atoms with Crippen molar-refractivity contribution in [1.29, 1.82) is 0 Å². The van der Waals surface area contributed by atoms with Crippen LogP contribution in [0, 0.1) is 0 Å². The normalized spacial score (nSPS) is 9.86. The second-order valence-electron chi connectivity index (χ2n) is 2.67. The van der Waals surface area contributed by atoms with Crippen molar-refractivity contribution >= 4 is 22.6 Å². The Morgan fingerprint density at radius 3 is 2.79 bits per heavy atom. The molecule has 78 valence electrons. The lowest BCUT2D eigenvalue weighted by atomic mass is 10.4. The number of anilines is 1. The van der Waals surface area contributed by atoms with Gasteiger partial charge in [-0.05, 0) is 13.8 Å². The van der Waals surface area contributed by atoms with Crippen LogP contribution in [-0.4, -0.2) is 39.8 Å². The van der Waals surface area contributed by atoms with E-state index in [1.165, 1.54) is 17.9 Å². The van der Waals surface area contributed by atoms with Gasteiger partial charge in [-0.1, -0.05) is 0 Å². The molecule has 0 aliphatic rings. The summed E-state index contributed by atoms with van der Waals surface area (Å²) in [7, 11) is 0. The van der Waals surface area contributed by atoms with E-state index < -0.39 is 0 Å². The molecular formula is C8H14N4OS. The summed E-state index contributed by atoms with van der Waals surface area (Å²) in [6.45, 7) is 5.70. The molecule has 0 saturated carbocycles. The summed E-state index contributed by atoms with van der Waals surface area (Å²) in [5.41, 5.74) is 0.